The quantitative estimate of drug-likeness (QED) is 0.0533. The van der Waals surface area contributed by atoms with Gasteiger partial charge < -0.3 is 0 Å². The van der Waals surface area contributed by atoms with Crippen molar-refractivity contribution in [3.05, 3.63) is 0 Å². The van der Waals surface area contributed by atoms with E-state index < -0.39 is 0 Å². The van der Waals surface area contributed by atoms with Crippen molar-refractivity contribution in [2.24, 2.45) is 0 Å². The molecule has 0 rings (SSSR count). The highest BCUT2D eigenvalue weighted by Gasteiger charge is 2.69. The van der Waals surface area contributed by atoms with Gasteiger partial charge in [0.25, 0.3) is 0 Å². The molecule has 0 amide bonds. The molecule has 102 heavy (non-hydrogen) atoms. The molecule has 0 heterocycles. The zero-order valence-corrected chi connectivity index (χ0v) is 80.9. The van der Waals surface area contributed by atoms with E-state index in [0.29, 0.717) is 319 Å². The zero-order chi connectivity index (χ0) is 80.9. The van der Waals surface area contributed by atoms with Crippen molar-refractivity contribution in [1.82, 2.24) is 0 Å². The second-order valence-corrected chi connectivity index (χ2v) is 46.2. The first-order valence-corrected chi connectivity index (χ1v) is 46.4. The Morgan fingerprint density at radius 3 is 0.118 bits per heavy atom. The predicted molar refractivity (Wildman–Crippen MR) is 732 cm³/mol. The number of hydrogen-bond acceptors (Lipinski definition) is 0. The summed E-state index contributed by atoms with van der Waals surface area (Å²) in [6.45, 7) is 0. The van der Waals surface area contributed by atoms with Crippen LogP contribution < -0.4 is 0 Å². The summed E-state index contributed by atoms with van der Waals surface area (Å²) in [5, 5.41) is 0. The van der Waals surface area contributed by atoms with Gasteiger partial charge in [-0.3, -0.25) is 0 Å². The van der Waals surface area contributed by atoms with E-state index in [0.717, 1.165) is 0 Å². The fraction of sp³-hybridized carbons (Fsp3) is 0. The van der Waals surface area contributed by atoms with Crippen molar-refractivity contribution in [2.75, 3.05) is 0 Å². The lowest BCUT2D eigenvalue weighted by molar-refractivity contribution is 3.12. The van der Waals surface area contributed by atoms with Gasteiger partial charge in [0.1, 0.15) is 0 Å². The lowest BCUT2D eigenvalue weighted by Gasteiger charge is -2.63. The highest BCUT2D eigenvalue weighted by atomic mass is 13.5. The Bertz CT molecular complexity index is 1710. The molecule has 0 aliphatic carbocycles. The van der Waals surface area contributed by atoms with Gasteiger partial charge in [-0.05, 0) is 0 Å². The van der Waals surface area contributed by atoms with Crippen LogP contribution in [0.5, 0.6) is 0 Å². The average Bonchev–Trinajstić information content (AvgIpc) is 3.39. The Balaban J connectivity index is 14.9. The number of rotatable bonds is 49. The summed E-state index contributed by atoms with van der Waals surface area (Å²) in [6, 6.07) is 0. The SMILES string of the molecule is BB(B)B(B(B)B)B(B(B(B)B)B(B)B)B(B(B(B)B)B(B)B)B(B(B(B(B)B)B(B)B)B(B(B)B)B(B)B)B(B(B(B(B(B)B)B(B)B)B(B(B)B)B(B)B)B(B(B(B)B)B(B)B)B(B(B)B)B(B)B)B(B(B(B(B)B)B(B)B)B(B(B)B)B(B)B)B(B(B(B)B)B(B)B)B(B(B)B)B(B)B. The summed E-state index contributed by atoms with van der Waals surface area (Å²) in [5.41, 5.74) is 0. The van der Waals surface area contributed by atoms with Gasteiger partial charge in [-0.2, -0.15) is 0 Å². The highest BCUT2D eigenvalue weighted by Crippen LogP contribution is 2.31. The summed E-state index contributed by atoms with van der Waals surface area (Å²) >= 11 is 0. The Kier molecular flexibility index (Phi) is 53.1. The Morgan fingerprint density at radius 1 is 0.0490 bits per heavy atom. The minimum atomic E-state index is 0.410. The lowest BCUT2D eigenvalue weighted by Crippen LogP contribution is -3.01. The van der Waals surface area contributed by atoms with Crippen LogP contribution in [0, 0.1) is 0 Å². The van der Waals surface area contributed by atoms with Gasteiger partial charge in [0, 0.05) is 319 Å². The first-order valence-electron chi connectivity index (χ1n) is 46.4. The van der Waals surface area contributed by atoms with Crippen LogP contribution in [-0.2, 0) is 0 Å². The van der Waals surface area contributed by atoms with Crippen LogP contribution in [0.15, 0.2) is 0 Å². The van der Waals surface area contributed by atoms with Gasteiger partial charge in [-0.15, -0.1) is 0 Å². The van der Waals surface area contributed by atoms with Crippen LogP contribution in [0.4, 0.5) is 0 Å². The van der Waals surface area contributed by atoms with E-state index in [1.54, 1.807) is 0 Å². The third kappa shape index (κ3) is 29.0. The first kappa shape index (κ1) is 109. The van der Waals surface area contributed by atoms with Crippen LogP contribution in [0.25, 0.3) is 0 Å². The van der Waals surface area contributed by atoms with Crippen LogP contribution >= 0.6 is 0 Å². The molecule has 0 saturated heterocycles. The van der Waals surface area contributed by atoms with Gasteiger partial charge in [0.05, 0.1) is 402 Å². The van der Waals surface area contributed by atoms with E-state index in [2.05, 4.69) is 402 Å². The molecule has 0 saturated carbocycles. The molecule has 102 heteroatoms. The smallest absolute Gasteiger partial charge is 0.000000154 e. The van der Waals surface area contributed by atoms with Crippen LogP contribution in [0.3, 0.4) is 0 Å². The average molecular weight is 1210 g/mol. The topological polar surface area (TPSA) is 0 Å². The van der Waals surface area contributed by atoms with Crippen molar-refractivity contribution in [3.8, 4) is 0 Å². The third-order valence-corrected chi connectivity index (χ3v) is 30.2. The van der Waals surface area contributed by atoms with Crippen molar-refractivity contribution in [2.45, 2.75) is 0 Å². The molecule has 0 spiro atoms. The maximum Gasteiger partial charge on any atom is 0.0552 e. The second kappa shape index (κ2) is 49.9. The maximum atomic E-state index is 2.82. The van der Waals surface area contributed by atoms with E-state index in [9.17, 15) is 0 Å². The molecule has 0 aromatic rings. The minimum Gasteiger partial charge on any atom is 0.000000154 e. The van der Waals surface area contributed by atoms with Crippen molar-refractivity contribution in [3.63, 3.8) is 0 Å². The minimum absolute atomic E-state index is 0.410. The molecule has 0 aliphatic heterocycles. The van der Waals surface area contributed by atoms with Crippen molar-refractivity contribution < 1.29 is 0 Å². The van der Waals surface area contributed by atoms with Crippen molar-refractivity contribution >= 4 is 722 Å². The molecule has 0 N–H and O–H groups in total. The molecular formula is H104B102. The largest absolute Gasteiger partial charge is 0.0552 e. The summed E-state index contributed by atoms with van der Waals surface area (Å²) in [4.78, 5) is 0. The Morgan fingerprint density at radius 2 is 0.0784 bits per heavy atom. The van der Waals surface area contributed by atoms with Crippen LogP contribution in [0.1, 0.15) is 0 Å². The standard InChI is InChI=1S/B102H104/c1-53(2)79(54(3)4)92(80(55(5)6)56(7)8)98(91(77(49)50)78(51)52)101(97(89(73(41)42)74(43)44)90(75(45)46)76(47)48)102(99(93(81(57(9)10)58(11)12)82(59(13)14)60(15)16)94(83(61(17)18)62(19)20)84(63(21)22)64(23)24)100(95(85(65(25)26)66(27)28)86(67(29)30)68(31)32)96(87(69(33)34)70(35)36)88(71(37)38)72(39)40/h1-52H2. The molecule has 0 radical (unpaired) electrons. The molecule has 0 bridgehead atoms. The highest BCUT2D eigenvalue weighted by molar-refractivity contribution is 8.44. The van der Waals surface area contributed by atoms with E-state index >= 15 is 0 Å². The van der Waals surface area contributed by atoms with Gasteiger partial charge in [0.15, 0.2) is 0 Å². The van der Waals surface area contributed by atoms with E-state index in [1.807, 2.05) is 0 Å². The fourth-order valence-electron chi connectivity index (χ4n) is 30.0. The first-order chi connectivity index (χ1) is 46.4. The van der Waals surface area contributed by atoms with Gasteiger partial charge in [-0.25, -0.2) is 0 Å². The molecule has 0 nitrogen and oxygen atoms in total. The van der Waals surface area contributed by atoms with Crippen molar-refractivity contribution in [1.29, 1.82) is 0 Å². The lowest BCUT2D eigenvalue weighted by atomic mass is 8.18. The van der Waals surface area contributed by atoms with Crippen LogP contribution in [0.2, 0.25) is 0 Å². The summed E-state index contributed by atoms with van der Waals surface area (Å²) in [6.07, 6.45) is 25.9. The Hall–Kier alpha value is 6.62. The molecule has 0 aromatic heterocycles. The molecule has 0 aromatic carbocycles. The normalized spacial score (nSPS) is 9.84. The third-order valence-electron chi connectivity index (χ3n) is 30.2. The molecule has 0 unspecified atom stereocenters. The molecule has 410 valence electrons. The molecule has 0 fully saturated rings. The van der Waals surface area contributed by atoms with Gasteiger partial charge in [-0.1, -0.05) is 0 Å². The molecular weight excluding hydrogens is 1100 g/mol. The fourth-order valence-corrected chi connectivity index (χ4v) is 30.0. The monoisotopic (exact) mass is 1230 g/mol. The molecule has 0 aliphatic rings. The van der Waals surface area contributed by atoms with E-state index in [4.69, 9.17) is 0 Å². The summed E-state index contributed by atoms with van der Waals surface area (Å²) < 4.78 is 0. The van der Waals surface area contributed by atoms with Gasteiger partial charge >= 0.3 is 0 Å². The second-order valence-electron chi connectivity index (χ2n) is 46.2. The predicted octanol–water partition coefficient (Wildman–Crippen LogP) is -66.7. The zero-order valence-electron chi connectivity index (χ0n) is 80.9. The maximum absolute atomic E-state index is 2.82. The van der Waals surface area contributed by atoms with E-state index in [1.165, 1.54) is 0 Å². The number of hydrogen-bond donors (Lipinski definition) is 0. The van der Waals surface area contributed by atoms with Gasteiger partial charge in [0.2, 0.25) is 0 Å². The summed E-state index contributed by atoms with van der Waals surface area (Å²) in [7, 11) is 145. The Labute approximate surface area is 714 Å². The van der Waals surface area contributed by atoms with E-state index in [-0.39, 0.29) is 0 Å². The molecule has 0 atom stereocenters. The summed E-state index contributed by atoms with van der Waals surface area (Å²) in [5.74, 6) is 0. The van der Waals surface area contributed by atoms with Crippen LogP contribution in [-0.4, -0.2) is 722 Å².